The van der Waals surface area contributed by atoms with Crippen LogP contribution in [0.2, 0.25) is 0 Å². The van der Waals surface area contributed by atoms with Gasteiger partial charge in [-0.1, -0.05) is 6.07 Å². The molecule has 0 bridgehead atoms. The number of aromatic nitrogens is 1. The molecule has 124 valence electrons. The number of morpholine rings is 1. The van der Waals surface area contributed by atoms with Gasteiger partial charge < -0.3 is 19.7 Å². The molecule has 1 aliphatic heterocycles. The van der Waals surface area contributed by atoms with Crippen LogP contribution in [0.1, 0.15) is 10.4 Å². The molecule has 3 rings (SSSR count). The molecule has 2 N–H and O–H groups in total. The van der Waals surface area contributed by atoms with E-state index in [1.165, 1.54) is 0 Å². The van der Waals surface area contributed by atoms with E-state index in [9.17, 15) is 9.90 Å². The summed E-state index contributed by atoms with van der Waals surface area (Å²) in [5, 5.41) is 11.2. The number of fused-ring (bicyclic) bond motifs is 1. The van der Waals surface area contributed by atoms with Crippen molar-refractivity contribution in [1.29, 1.82) is 0 Å². The van der Waals surface area contributed by atoms with E-state index in [0.717, 1.165) is 24.0 Å². The number of H-pyrrole nitrogens is 1. The number of rotatable bonds is 5. The van der Waals surface area contributed by atoms with Crippen molar-refractivity contribution >= 4 is 16.8 Å². The van der Waals surface area contributed by atoms with Crippen molar-refractivity contribution in [2.75, 3.05) is 46.4 Å². The molecule has 1 fully saturated rings. The minimum atomic E-state index is -0.563. The summed E-state index contributed by atoms with van der Waals surface area (Å²) in [6, 6.07) is 7.54. The lowest BCUT2D eigenvalue weighted by Gasteiger charge is -2.30. The molecule has 0 saturated carbocycles. The Kier molecular flexibility index (Phi) is 4.95. The molecule has 0 aliphatic carbocycles. The highest BCUT2D eigenvalue weighted by atomic mass is 16.5. The number of β-amino-alcohol motifs (C(OH)–C–C–N with tert-alkyl or cyclic N) is 1. The van der Waals surface area contributed by atoms with Gasteiger partial charge in [0.1, 0.15) is 0 Å². The normalized spacial score (nSPS) is 17.3. The average molecular weight is 317 g/mol. The van der Waals surface area contributed by atoms with Gasteiger partial charge in [-0.05, 0) is 18.2 Å². The van der Waals surface area contributed by atoms with Crippen molar-refractivity contribution in [3.8, 4) is 0 Å². The van der Waals surface area contributed by atoms with Gasteiger partial charge in [-0.15, -0.1) is 0 Å². The van der Waals surface area contributed by atoms with E-state index in [4.69, 9.17) is 4.74 Å². The maximum Gasteiger partial charge on any atom is 0.254 e. The summed E-state index contributed by atoms with van der Waals surface area (Å²) in [6.07, 6.45) is 1.27. The monoisotopic (exact) mass is 317 g/mol. The SMILES string of the molecule is CN(CC(O)CN1CCOCC1)C(=O)c1cccc2[nH]ccc12. The summed E-state index contributed by atoms with van der Waals surface area (Å²) >= 11 is 0. The van der Waals surface area contributed by atoms with Crippen LogP contribution in [-0.2, 0) is 4.74 Å². The number of ether oxygens (including phenoxy) is 1. The second kappa shape index (κ2) is 7.12. The van der Waals surface area contributed by atoms with Gasteiger partial charge in [-0.25, -0.2) is 0 Å². The number of aliphatic hydroxyl groups is 1. The molecule has 1 aromatic heterocycles. The number of carbonyl (C=O) groups excluding carboxylic acids is 1. The molecule has 6 nitrogen and oxygen atoms in total. The standard InChI is InChI=1S/C17H23N3O3/c1-19(11-13(21)12-20-7-9-23-10-8-20)17(22)15-3-2-4-16-14(15)5-6-18-16/h2-6,13,18,21H,7-12H2,1H3. The lowest BCUT2D eigenvalue weighted by atomic mass is 10.1. The van der Waals surface area contributed by atoms with Crippen LogP contribution in [-0.4, -0.2) is 78.3 Å². The van der Waals surface area contributed by atoms with Gasteiger partial charge in [0.15, 0.2) is 0 Å². The largest absolute Gasteiger partial charge is 0.390 e. The molecule has 1 aliphatic rings. The topological polar surface area (TPSA) is 68.8 Å². The van der Waals surface area contributed by atoms with Gasteiger partial charge in [0.05, 0.1) is 19.3 Å². The first kappa shape index (κ1) is 16.0. The number of carbonyl (C=O) groups is 1. The molecule has 6 heteroatoms. The molecule has 2 aromatic rings. The van der Waals surface area contributed by atoms with Gasteiger partial charge >= 0.3 is 0 Å². The average Bonchev–Trinajstić information content (AvgIpc) is 3.03. The third kappa shape index (κ3) is 3.72. The zero-order chi connectivity index (χ0) is 16.2. The van der Waals surface area contributed by atoms with Crippen LogP contribution in [0.25, 0.3) is 10.9 Å². The summed E-state index contributed by atoms with van der Waals surface area (Å²) < 4.78 is 5.30. The first-order valence-corrected chi connectivity index (χ1v) is 7.95. The zero-order valence-corrected chi connectivity index (χ0v) is 13.4. The fourth-order valence-electron chi connectivity index (χ4n) is 3.02. The van der Waals surface area contributed by atoms with E-state index in [1.54, 1.807) is 11.9 Å². The van der Waals surface area contributed by atoms with Crippen molar-refractivity contribution in [3.63, 3.8) is 0 Å². The van der Waals surface area contributed by atoms with Crippen molar-refractivity contribution in [1.82, 2.24) is 14.8 Å². The van der Waals surface area contributed by atoms with Crippen LogP contribution >= 0.6 is 0 Å². The van der Waals surface area contributed by atoms with Crippen molar-refractivity contribution in [2.45, 2.75) is 6.10 Å². The van der Waals surface area contributed by atoms with Gasteiger partial charge in [0, 0.05) is 55.9 Å². The molecule has 1 unspecified atom stereocenters. The number of aromatic amines is 1. The van der Waals surface area contributed by atoms with E-state index in [2.05, 4.69) is 9.88 Å². The smallest absolute Gasteiger partial charge is 0.254 e. The third-order valence-electron chi connectivity index (χ3n) is 4.23. The molecule has 1 aromatic carbocycles. The lowest BCUT2D eigenvalue weighted by Crippen LogP contribution is -2.45. The Bertz CT molecular complexity index is 664. The Hall–Kier alpha value is -1.89. The van der Waals surface area contributed by atoms with Crippen LogP contribution in [0.3, 0.4) is 0 Å². The predicted octanol–water partition coefficient (Wildman–Crippen LogP) is 0.933. The molecule has 1 amide bonds. The molecular formula is C17H23N3O3. The number of nitrogens with one attached hydrogen (secondary N) is 1. The number of hydrogen-bond acceptors (Lipinski definition) is 4. The number of aliphatic hydroxyl groups excluding tert-OH is 1. The maximum absolute atomic E-state index is 12.7. The summed E-state index contributed by atoms with van der Waals surface area (Å²) in [6.45, 7) is 3.95. The highest BCUT2D eigenvalue weighted by Gasteiger charge is 2.20. The van der Waals surface area contributed by atoms with Gasteiger partial charge in [-0.3, -0.25) is 9.69 Å². The summed E-state index contributed by atoms with van der Waals surface area (Å²) in [5.74, 6) is -0.0729. The number of amides is 1. The molecule has 0 radical (unpaired) electrons. The van der Waals surface area contributed by atoms with E-state index >= 15 is 0 Å². The zero-order valence-electron chi connectivity index (χ0n) is 13.4. The summed E-state index contributed by atoms with van der Waals surface area (Å²) in [7, 11) is 1.73. The van der Waals surface area contributed by atoms with Crippen LogP contribution in [0.5, 0.6) is 0 Å². The molecule has 1 saturated heterocycles. The van der Waals surface area contributed by atoms with Crippen LogP contribution < -0.4 is 0 Å². The Morgan fingerprint density at radius 2 is 2.17 bits per heavy atom. The quantitative estimate of drug-likeness (QED) is 0.861. The number of likely N-dealkylation sites (N-methyl/N-ethyl adjacent to an activating group) is 1. The van der Waals surface area contributed by atoms with Crippen LogP contribution in [0.4, 0.5) is 0 Å². The van der Waals surface area contributed by atoms with E-state index in [0.29, 0.717) is 31.9 Å². The second-order valence-electron chi connectivity index (χ2n) is 6.00. The highest BCUT2D eigenvalue weighted by molar-refractivity contribution is 6.06. The second-order valence-corrected chi connectivity index (χ2v) is 6.00. The van der Waals surface area contributed by atoms with E-state index in [1.807, 2.05) is 30.5 Å². The summed E-state index contributed by atoms with van der Waals surface area (Å²) in [5.41, 5.74) is 1.60. The third-order valence-corrected chi connectivity index (χ3v) is 4.23. The Morgan fingerprint density at radius 1 is 1.39 bits per heavy atom. The van der Waals surface area contributed by atoms with E-state index < -0.39 is 6.10 Å². The number of benzene rings is 1. The van der Waals surface area contributed by atoms with Crippen LogP contribution in [0.15, 0.2) is 30.5 Å². The van der Waals surface area contributed by atoms with E-state index in [-0.39, 0.29) is 5.91 Å². The minimum Gasteiger partial charge on any atom is -0.390 e. The van der Waals surface area contributed by atoms with Crippen LogP contribution in [0, 0.1) is 0 Å². The van der Waals surface area contributed by atoms with Crippen molar-refractivity contribution in [2.24, 2.45) is 0 Å². The first-order valence-electron chi connectivity index (χ1n) is 7.95. The Labute approximate surface area is 135 Å². The Morgan fingerprint density at radius 3 is 2.96 bits per heavy atom. The molecule has 2 heterocycles. The fourth-order valence-corrected chi connectivity index (χ4v) is 3.02. The molecular weight excluding hydrogens is 294 g/mol. The molecule has 0 spiro atoms. The van der Waals surface area contributed by atoms with Gasteiger partial charge in [0.25, 0.3) is 5.91 Å². The molecule has 23 heavy (non-hydrogen) atoms. The van der Waals surface area contributed by atoms with Gasteiger partial charge in [0.2, 0.25) is 0 Å². The minimum absolute atomic E-state index is 0.0729. The highest BCUT2D eigenvalue weighted by Crippen LogP contribution is 2.18. The lowest BCUT2D eigenvalue weighted by molar-refractivity contribution is 0.00880. The maximum atomic E-state index is 12.7. The number of nitrogens with zero attached hydrogens (tertiary/aromatic N) is 2. The first-order chi connectivity index (χ1) is 11.1. The fraction of sp³-hybridized carbons (Fsp3) is 0.471. The summed E-state index contributed by atoms with van der Waals surface area (Å²) in [4.78, 5) is 19.5. The number of hydrogen-bond donors (Lipinski definition) is 2. The predicted molar refractivity (Wildman–Crippen MR) is 88.5 cm³/mol. The van der Waals surface area contributed by atoms with Crippen molar-refractivity contribution < 1.29 is 14.6 Å². The molecule has 1 atom stereocenters. The Balaban J connectivity index is 1.61. The van der Waals surface area contributed by atoms with Gasteiger partial charge in [-0.2, -0.15) is 0 Å². The van der Waals surface area contributed by atoms with Crippen molar-refractivity contribution in [3.05, 3.63) is 36.0 Å².